The molecule has 0 bridgehead atoms. The summed E-state index contributed by atoms with van der Waals surface area (Å²) < 4.78 is 5.74. The van der Waals surface area contributed by atoms with E-state index in [-0.39, 0.29) is 48.7 Å². The third-order valence-electron chi connectivity index (χ3n) is 6.06. The third kappa shape index (κ3) is 3.87. The summed E-state index contributed by atoms with van der Waals surface area (Å²) in [7, 11) is 0. The minimum atomic E-state index is -0.336. The van der Waals surface area contributed by atoms with Gasteiger partial charge in [0, 0.05) is 16.6 Å². The fourth-order valence-electron chi connectivity index (χ4n) is 4.23. The summed E-state index contributed by atoms with van der Waals surface area (Å²) in [4.78, 5) is 41.2. The topological polar surface area (TPSA) is 96.6 Å². The van der Waals surface area contributed by atoms with Crippen LogP contribution in [0, 0.1) is 11.8 Å². The lowest BCUT2D eigenvalue weighted by Gasteiger charge is -2.23. The van der Waals surface area contributed by atoms with Crippen LogP contribution in [0.1, 0.15) is 31.6 Å². The monoisotopic (exact) mass is 440 g/mol. The van der Waals surface area contributed by atoms with Crippen LogP contribution in [0.15, 0.2) is 40.8 Å². The van der Waals surface area contributed by atoms with Gasteiger partial charge in [0.05, 0.1) is 18.4 Å². The van der Waals surface area contributed by atoms with E-state index in [1.807, 2.05) is 12.2 Å². The molecule has 0 N–H and O–H groups in total. The molecule has 2 aliphatic carbocycles. The van der Waals surface area contributed by atoms with Crippen molar-refractivity contribution in [3.8, 4) is 11.5 Å². The van der Waals surface area contributed by atoms with E-state index in [4.69, 9.17) is 16.0 Å². The molecule has 1 aliphatic heterocycles. The highest BCUT2D eigenvalue weighted by Crippen LogP contribution is 2.35. The highest BCUT2D eigenvalue weighted by atomic mass is 35.5. The molecule has 5 rings (SSSR count). The van der Waals surface area contributed by atoms with E-state index in [0.29, 0.717) is 29.6 Å². The zero-order valence-corrected chi connectivity index (χ0v) is 17.5. The molecule has 0 radical (unpaired) electrons. The first kappa shape index (κ1) is 19.9. The number of hydrogen-bond donors (Lipinski definition) is 0. The Kier molecular flexibility index (Phi) is 5.09. The van der Waals surface area contributed by atoms with Gasteiger partial charge in [0.2, 0.25) is 29.5 Å². The number of fused-ring (bicyclic) bond motifs is 1. The summed E-state index contributed by atoms with van der Waals surface area (Å²) >= 11 is 5.91. The molecule has 9 heteroatoms. The van der Waals surface area contributed by atoms with Gasteiger partial charge in [-0.2, -0.15) is 0 Å². The van der Waals surface area contributed by atoms with Gasteiger partial charge < -0.3 is 9.32 Å². The van der Waals surface area contributed by atoms with Crippen LogP contribution in [0.2, 0.25) is 5.02 Å². The standard InChI is InChI=1S/C22H21ClN4O4/c23-14-7-5-13(6-8-14)20-25-24-18(31-20)11-26(15-9-10-15)19(28)12-27-21(29)16-3-1-2-4-17(16)22(27)30/h1-2,5-8,15-17H,3-4,9-12H2/t16-,17+. The number of amides is 3. The summed E-state index contributed by atoms with van der Waals surface area (Å²) in [6.07, 6.45) is 6.73. The molecule has 2 aromatic rings. The fourth-order valence-corrected chi connectivity index (χ4v) is 4.36. The number of halogens is 1. The fraction of sp³-hybridized carbons (Fsp3) is 0.409. The van der Waals surface area contributed by atoms with Crippen molar-refractivity contribution in [1.82, 2.24) is 20.0 Å². The van der Waals surface area contributed by atoms with Crippen LogP contribution < -0.4 is 0 Å². The number of hydrogen-bond acceptors (Lipinski definition) is 6. The van der Waals surface area contributed by atoms with Gasteiger partial charge in [-0.05, 0) is 49.9 Å². The molecule has 3 amide bonds. The maximum absolute atomic E-state index is 13.1. The second kappa shape index (κ2) is 7.92. The molecule has 1 saturated carbocycles. The van der Waals surface area contributed by atoms with Crippen LogP contribution in [0.25, 0.3) is 11.5 Å². The molecule has 2 fully saturated rings. The van der Waals surface area contributed by atoms with Gasteiger partial charge in [-0.25, -0.2) is 0 Å². The zero-order valence-electron chi connectivity index (χ0n) is 16.7. The van der Waals surface area contributed by atoms with Gasteiger partial charge in [-0.1, -0.05) is 23.8 Å². The largest absolute Gasteiger partial charge is 0.419 e. The van der Waals surface area contributed by atoms with Crippen molar-refractivity contribution in [3.05, 3.63) is 47.3 Å². The number of rotatable bonds is 6. The first-order valence-corrected chi connectivity index (χ1v) is 10.8. The van der Waals surface area contributed by atoms with Gasteiger partial charge in [-0.15, -0.1) is 10.2 Å². The Bertz CT molecular complexity index is 1030. The Balaban J connectivity index is 1.28. The minimum Gasteiger partial charge on any atom is -0.419 e. The van der Waals surface area contributed by atoms with Crippen molar-refractivity contribution >= 4 is 29.3 Å². The van der Waals surface area contributed by atoms with Crippen LogP contribution in [-0.2, 0) is 20.9 Å². The first-order chi connectivity index (χ1) is 15.0. The highest BCUT2D eigenvalue weighted by Gasteiger charge is 2.48. The summed E-state index contributed by atoms with van der Waals surface area (Å²) in [6.45, 7) is -0.0892. The van der Waals surface area contributed by atoms with Crippen molar-refractivity contribution in [3.63, 3.8) is 0 Å². The van der Waals surface area contributed by atoms with Crippen LogP contribution in [-0.4, -0.2) is 50.3 Å². The number of nitrogens with zero attached hydrogens (tertiary/aromatic N) is 4. The highest BCUT2D eigenvalue weighted by molar-refractivity contribution is 6.30. The smallest absolute Gasteiger partial charge is 0.247 e. The van der Waals surface area contributed by atoms with E-state index in [9.17, 15) is 14.4 Å². The van der Waals surface area contributed by atoms with E-state index in [2.05, 4.69) is 10.2 Å². The van der Waals surface area contributed by atoms with Gasteiger partial charge in [-0.3, -0.25) is 19.3 Å². The van der Waals surface area contributed by atoms with Gasteiger partial charge in [0.1, 0.15) is 6.54 Å². The average molecular weight is 441 g/mol. The number of aromatic nitrogens is 2. The Morgan fingerprint density at radius 1 is 1.06 bits per heavy atom. The maximum atomic E-state index is 13.1. The third-order valence-corrected chi connectivity index (χ3v) is 6.32. The molecule has 0 spiro atoms. The molecule has 1 aromatic carbocycles. The summed E-state index contributed by atoms with van der Waals surface area (Å²) in [6, 6.07) is 7.09. The number of carbonyl (C=O) groups excluding carboxylic acids is 3. The van der Waals surface area contributed by atoms with Crippen molar-refractivity contribution < 1.29 is 18.8 Å². The minimum absolute atomic E-state index is 0.0649. The molecular formula is C22H21ClN4O4. The van der Waals surface area contributed by atoms with E-state index in [1.165, 1.54) is 0 Å². The van der Waals surface area contributed by atoms with Crippen molar-refractivity contribution in [1.29, 1.82) is 0 Å². The van der Waals surface area contributed by atoms with Gasteiger partial charge >= 0.3 is 0 Å². The molecule has 160 valence electrons. The van der Waals surface area contributed by atoms with Gasteiger partial charge in [0.15, 0.2) is 0 Å². The van der Waals surface area contributed by atoms with Crippen molar-refractivity contribution in [2.45, 2.75) is 38.3 Å². The van der Waals surface area contributed by atoms with Crippen LogP contribution in [0.3, 0.4) is 0 Å². The second-order valence-electron chi connectivity index (χ2n) is 8.18. The lowest BCUT2D eigenvalue weighted by atomic mass is 9.85. The molecule has 1 saturated heterocycles. The lowest BCUT2D eigenvalue weighted by Crippen LogP contribution is -2.43. The normalized spacial score (nSPS) is 22.7. The zero-order chi connectivity index (χ0) is 21.5. The van der Waals surface area contributed by atoms with E-state index in [1.54, 1.807) is 29.2 Å². The van der Waals surface area contributed by atoms with Crippen molar-refractivity contribution in [2.24, 2.45) is 11.8 Å². The Morgan fingerprint density at radius 2 is 1.71 bits per heavy atom. The average Bonchev–Trinajstić information content (AvgIpc) is 3.47. The second-order valence-corrected chi connectivity index (χ2v) is 8.62. The number of likely N-dealkylation sites (tertiary alicyclic amines) is 1. The summed E-state index contributed by atoms with van der Waals surface area (Å²) in [5, 5.41) is 8.74. The molecule has 31 heavy (non-hydrogen) atoms. The molecule has 1 aromatic heterocycles. The van der Waals surface area contributed by atoms with Crippen LogP contribution >= 0.6 is 11.6 Å². The Labute approximate surface area is 183 Å². The van der Waals surface area contributed by atoms with E-state index < -0.39 is 0 Å². The Hall–Kier alpha value is -3.00. The summed E-state index contributed by atoms with van der Waals surface area (Å²) in [5.41, 5.74) is 0.733. The van der Waals surface area contributed by atoms with E-state index >= 15 is 0 Å². The molecular weight excluding hydrogens is 420 g/mol. The molecule has 8 nitrogen and oxygen atoms in total. The maximum Gasteiger partial charge on any atom is 0.247 e. The van der Waals surface area contributed by atoms with Crippen LogP contribution in [0.5, 0.6) is 0 Å². The van der Waals surface area contributed by atoms with Gasteiger partial charge in [0.25, 0.3) is 0 Å². The van der Waals surface area contributed by atoms with E-state index in [0.717, 1.165) is 23.3 Å². The molecule has 0 unspecified atom stereocenters. The molecule has 2 heterocycles. The predicted octanol–water partition coefficient (Wildman–Crippen LogP) is 2.83. The number of carbonyl (C=O) groups is 3. The Morgan fingerprint density at radius 3 is 2.32 bits per heavy atom. The van der Waals surface area contributed by atoms with Crippen LogP contribution in [0.4, 0.5) is 0 Å². The quantitative estimate of drug-likeness (QED) is 0.506. The molecule has 3 aliphatic rings. The SMILES string of the molecule is O=C1[C@H]2CC=CC[C@H]2C(=O)N1CC(=O)N(Cc1nnc(-c2ccc(Cl)cc2)o1)C1CC1. The van der Waals surface area contributed by atoms with Crippen molar-refractivity contribution in [2.75, 3.05) is 6.54 Å². The lowest BCUT2D eigenvalue weighted by molar-refractivity contribution is -0.147. The number of allylic oxidation sites excluding steroid dienone is 2. The summed E-state index contributed by atoms with van der Waals surface area (Å²) in [5.74, 6) is -0.784. The number of benzene rings is 1. The molecule has 2 atom stereocenters. The first-order valence-electron chi connectivity index (χ1n) is 10.4. The number of imide groups is 1. The predicted molar refractivity (Wildman–Crippen MR) is 110 cm³/mol.